The van der Waals surface area contributed by atoms with E-state index in [2.05, 4.69) is 6.92 Å². The minimum absolute atomic E-state index is 0.0152. The van der Waals surface area contributed by atoms with Crippen LogP contribution in [0, 0.1) is 11.6 Å². The molecular formula is C21H21F2NO2. The number of methoxy groups -OCH3 is 1. The molecule has 136 valence electrons. The van der Waals surface area contributed by atoms with Gasteiger partial charge < -0.3 is 9.30 Å². The van der Waals surface area contributed by atoms with Gasteiger partial charge in [-0.1, -0.05) is 31.5 Å². The number of benzene rings is 2. The first kappa shape index (κ1) is 18.1. The molecule has 3 aromatic rings. The maximum atomic E-state index is 13.4. The molecule has 0 amide bonds. The lowest BCUT2D eigenvalue weighted by atomic mass is 10.0. The van der Waals surface area contributed by atoms with Crippen molar-refractivity contribution < 1.29 is 18.3 Å². The van der Waals surface area contributed by atoms with Crippen molar-refractivity contribution >= 4 is 16.7 Å². The van der Waals surface area contributed by atoms with Crippen molar-refractivity contribution in [3.05, 3.63) is 65.4 Å². The first-order valence-corrected chi connectivity index (χ1v) is 8.68. The highest BCUT2D eigenvalue weighted by Crippen LogP contribution is 2.31. The normalized spacial score (nSPS) is 11.1. The predicted molar refractivity (Wildman–Crippen MR) is 97.8 cm³/mol. The Bertz CT molecular complexity index is 947. The van der Waals surface area contributed by atoms with E-state index in [0.717, 1.165) is 42.4 Å². The molecule has 0 saturated heterocycles. The number of carbonyl (C=O) groups excluding carboxylic acids is 1. The summed E-state index contributed by atoms with van der Waals surface area (Å²) in [5.74, 6) is -1.28. The Kier molecular flexibility index (Phi) is 5.35. The lowest BCUT2D eigenvalue weighted by molar-refractivity contribution is 0.0994. The Morgan fingerprint density at radius 3 is 2.65 bits per heavy atom. The van der Waals surface area contributed by atoms with Gasteiger partial charge in [0.15, 0.2) is 17.4 Å². The van der Waals surface area contributed by atoms with E-state index in [1.54, 1.807) is 7.11 Å². The number of aromatic nitrogens is 1. The number of unbranched alkanes of at least 4 members (excludes halogenated alkanes) is 1. The quantitative estimate of drug-likeness (QED) is 0.547. The fourth-order valence-electron chi connectivity index (χ4n) is 3.15. The van der Waals surface area contributed by atoms with Crippen molar-refractivity contribution in [2.75, 3.05) is 7.11 Å². The van der Waals surface area contributed by atoms with Crippen LogP contribution in [0.25, 0.3) is 10.9 Å². The molecule has 0 aliphatic carbocycles. The zero-order valence-electron chi connectivity index (χ0n) is 14.9. The number of Topliss-reactive ketones (excluding diaryl/α,β-unsaturated/α-hetero) is 1. The molecule has 0 fully saturated rings. The Hall–Kier alpha value is -2.69. The summed E-state index contributed by atoms with van der Waals surface area (Å²) >= 11 is 0. The van der Waals surface area contributed by atoms with E-state index >= 15 is 0 Å². The molecule has 0 unspecified atom stereocenters. The lowest BCUT2D eigenvalue weighted by Gasteiger charge is -2.07. The Balaban J connectivity index is 2.00. The van der Waals surface area contributed by atoms with Gasteiger partial charge in [0.05, 0.1) is 12.6 Å². The van der Waals surface area contributed by atoms with Crippen molar-refractivity contribution in [1.82, 2.24) is 4.57 Å². The summed E-state index contributed by atoms with van der Waals surface area (Å²) in [6.45, 7) is 2.89. The second-order valence-electron chi connectivity index (χ2n) is 6.29. The van der Waals surface area contributed by atoms with Crippen LogP contribution in [-0.4, -0.2) is 17.5 Å². The number of rotatable bonds is 7. The van der Waals surface area contributed by atoms with Crippen molar-refractivity contribution in [3.63, 3.8) is 0 Å². The first-order valence-electron chi connectivity index (χ1n) is 8.68. The smallest absolute Gasteiger partial charge is 0.169 e. The average Bonchev–Trinajstić information content (AvgIpc) is 3.02. The van der Waals surface area contributed by atoms with Crippen LogP contribution >= 0.6 is 0 Å². The highest BCUT2D eigenvalue weighted by Gasteiger charge is 2.18. The minimum atomic E-state index is -0.942. The predicted octanol–water partition coefficient (Wildman–Crippen LogP) is 5.15. The van der Waals surface area contributed by atoms with Gasteiger partial charge in [-0.3, -0.25) is 4.79 Å². The van der Waals surface area contributed by atoms with Crippen LogP contribution in [0.4, 0.5) is 8.78 Å². The summed E-state index contributed by atoms with van der Waals surface area (Å²) in [4.78, 5) is 12.8. The number of fused-ring (bicyclic) bond motifs is 1. The van der Waals surface area contributed by atoms with Gasteiger partial charge in [-0.2, -0.15) is 0 Å². The molecule has 0 aliphatic heterocycles. The van der Waals surface area contributed by atoms with E-state index < -0.39 is 11.6 Å². The number of ether oxygens (including phenoxy) is 1. The number of hydrogen-bond acceptors (Lipinski definition) is 2. The fourth-order valence-corrected chi connectivity index (χ4v) is 3.15. The number of aryl methyl sites for hydroxylation is 1. The Morgan fingerprint density at radius 2 is 1.96 bits per heavy atom. The van der Waals surface area contributed by atoms with Crippen LogP contribution in [0.1, 0.15) is 35.7 Å². The highest BCUT2D eigenvalue weighted by atomic mass is 19.2. The van der Waals surface area contributed by atoms with Gasteiger partial charge in [0, 0.05) is 30.1 Å². The third-order valence-corrected chi connectivity index (χ3v) is 4.48. The summed E-state index contributed by atoms with van der Waals surface area (Å²) in [6, 6.07) is 9.16. The maximum absolute atomic E-state index is 13.4. The molecule has 5 heteroatoms. The van der Waals surface area contributed by atoms with E-state index in [1.165, 1.54) is 6.07 Å². The molecule has 3 nitrogen and oxygen atoms in total. The van der Waals surface area contributed by atoms with E-state index in [9.17, 15) is 13.6 Å². The molecule has 0 bridgehead atoms. The summed E-state index contributed by atoms with van der Waals surface area (Å²) < 4.78 is 34.0. The molecular weight excluding hydrogens is 336 g/mol. The van der Waals surface area contributed by atoms with Crippen molar-refractivity contribution in [1.29, 1.82) is 0 Å². The maximum Gasteiger partial charge on any atom is 0.169 e. The zero-order valence-corrected chi connectivity index (χ0v) is 14.9. The van der Waals surface area contributed by atoms with Gasteiger partial charge in [-0.05, 0) is 30.2 Å². The number of carbonyl (C=O) groups is 1. The largest absolute Gasteiger partial charge is 0.495 e. The second kappa shape index (κ2) is 7.68. The SMILES string of the molecule is CCCCn1cc(C(=O)Cc2ccc(F)c(F)c2)c2cccc(OC)c21. The van der Waals surface area contributed by atoms with Crippen LogP contribution in [0.5, 0.6) is 5.75 Å². The number of hydrogen-bond donors (Lipinski definition) is 0. The van der Waals surface area contributed by atoms with E-state index in [-0.39, 0.29) is 12.2 Å². The molecule has 0 aliphatic rings. The van der Waals surface area contributed by atoms with Gasteiger partial charge in [0.2, 0.25) is 0 Å². The van der Waals surface area contributed by atoms with Crippen molar-refractivity contribution in [3.8, 4) is 5.75 Å². The zero-order chi connectivity index (χ0) is 18.7. The highest BCUT2D eigenvalue weighted by molar-refractivity contribution is 6.10. The van der Waals surface area contributed by atoms with Crippen LogP contribution in [0.15, 0.2) is 42.6 Å². The van der Waals surface area contributed by atoms with Crippen LogP contribution in [0.2, 0.25) is 0 Å². The monoisotopic (exact) mass is 357 g/mol. The molecule has 1 aromatic heterocycles. The number of para-hydroxylation sites is 1. The topological polar surface area (TPSA) is 31.2 Å². The number of ketones is 1. The molecule has 26 heavy (non-hydrogen) atoms. The van der Waals surface area contributed by atoms with Gasteiger partial charge >= 0.3 is 0 Å². The summed E-state index contributed by atoms with van der Waals surface area (Å²) in [5, 5.41) is 0.813. The summed E-state index contributed by atoms with van der Waals surface area (Å²) in [7, 11) is 1.61. The summed E-state index contributed by atoms with van der Waals surface area (Å²) in [6.07, 6.45) is 3.87. The molecule has 0 spiro atoms. The fraction of sp³-hybridized carbons (Fsp3) is 0.286. The Labute approximate surface area is 151 Å². The van der Waals surface area contributed by atoms with Crippen molar-refractivity contribution in [2.45, 2.75) is 32.7 Å². The molecule has 1 heterocycles. The molecule has 0 N–H and O–H groups in total. The van der Waals surface area contributed by atoms with Gasteiger partial charge in [0.1, 0.15) is 5.75 Å². The standard InChI is InChI=1S/C21H21F2NO2/c1-3-4-10-24-13-16(15-6-5-7-20(26-2)21(15)24)19(25)12-14-8-9-17(22)18(23)11-14/h5-9,11,13H,3-4,10,12H2,1-2H3. The lowest BCUT2D eigenvalue weighted by Crippen LogP contribution is -2.04. The van der Waals surface area contributed by atoms with Crippen LogP contribution in [0.3, 0.4) is 0 Å². The van der Waals surface area contributed by atoms with Gasteiger partial charge in [-0.25, -0.2) is 8.78 Å². The molecule has 0 radical (unpaired) electrons. The molecule has 3 rings (SSSR count). The third-order valence-electron chi connectivity index (χ3n) is 4.48. The second-order valence-corrected chi connectivity index (χ2v) is 6.29. The van der Waals surface area contributed by atoms with E-state index in [4.69, 9.17) is 4.74 Å². The van der Waals surface area contributed by atoms with Gasteiger partial charge in [0.25, 0.3) is 0 Å². The molecule has 0 atom stereocenters. The average molecular weight is 357 g/mol. The van der Waals surface area contributed by atoms with Crippen molar-refractivity contribution in [2.24, 2.45) is 0 Å². The van der Waals surface area contributed by atoms with Crippen LogP contribution in [-0.2, 0) is 13.0 Å². The number of halogens is 2. The molecule has 2 aromatic carbocycles. The Morgan fingerprint density at radius 1 is 1.15 bits per heavy atom. The van der Waals surface area contributed by atoms with Gasteiger partial charge in [-0.15, -0.1) is 0 Å². The van der Waals surface area contributed by atoms with Crippen LogP contribution < -0.4 is 4.74 Å². The molecule has 0 saturated carbocycles. The minimum Gasteiger partial charge on any atom is -0.495 e. The summed E-state index contributed by atoms with van der Waals surface area (Å²) in [5.41, 5.74) is 1.91. The number of nitrogens with zero attached hydrogens (tertiary/aromatic N) is 1. The van der Waals surface area contributed by atoms with E-state index in [1.807, 2.05) is 29.0 Å². The first-order chi connectivity index (χ1) is 12.5. The van der Waals surface area contributed by atoms with E-state index in [0.29, 0.717) is 16.9 Å². The third kappa shape index (κ3) is 3.47.